The van der Waals surface area contributed by atoms with Crippen molar-refractivity contribution >= 4 is 0 Å². The molecule has 0 aromatic heterocycles. The maximum absolute atomic E-state index is 2.58. The first-order valence-electron chi connectivity index (χ1n) is 6.73. The SMILES string of the molecule is C1=CC2C3CC4(CC5C=CCC4C53)C2C1. The van der Waals surface area contributed by atoms with Crippen molar-refractivity contribution in [3.05, 3.63) is 24.3 Å². The van der Waals surface area contributed by atoms with Crippen molar-refractivity contribution in [2.24, 2.45) is 40.9 Å². The second-order valence-corrected chi connectivity index (χ2v) is 6.66. The van der Waals surface area contributed by atoms with E-state index in [4.69, 9.17) is 0 Å². The van der Waals surface area contributed by atoms with Gasteiger partial charge < -0.3 is 0 Å². The van der Waals surface area contributed by atoms with Gasteiger partial charge in [-0.1, -0.05) is 24.3 Å². The Hall–Kier alpha value is -0.520. The molecule has 0 aliphatic heterocycles. The molecule has 0 heteroatoms. The summed E-state index contributed by atoms with van der Waals surface area (Å²) in [6.45, 7) is 0. The number of hydrogen-bond donors (Lipinski definition) is 0. The third-order valence-corrected chi connectivity index (χ3v) is 6.64. The second kappa shape index (κ2) is 2.12. The molecule has 7 unspecified atom stereocenters. The molecule has 0 N–H and O–H groups in total. The molecule has 7 atom stereocenters. The minimum Gasteiger partial charge on any atom is -0.0879 e. The highest BCUT2D eigenvalue weighted by atomic mass is 14.8. The summed E-state index contributed by atoms with van der Waals surface area (Å²) in [6.07, 6.45) is 16.1. The molecule has 0 aromatic rings. The van der Waals surface area contributed by atoms with Gasteiger partial charge in [0.25, 0.3) is 0 Å². The largest absolute Gasteiger partial charge is 0.0879 e. The molecule has 1 spiro atoms. The van der Waals surface area contributed by atoms with Crippen molar-refractivity contribution in [2.45, 2.75) is 25.7 Å². The first kappa shape index (κ1) is 7.70. The standard InChI is InChI=1S/C15H18/c1-3-9-7-15-8-11(14(9)13(15)6-1)10-4-2-5-12(10)15/h1-4,9-14H,5-8H2. The van der Waals surface area contributed by atoms with E-state index in [1.165, 1.54) is 12.8 Å². The highest BCUT2D eigenvalue weighted by molar-refractivity contribution is 5.29. The van der Waals surface area contributed by atoms with E-state index in [1.807, 2.05) is 0 Å². The Balaban J connectivity index is 1.72. The van der Waals surface area contributed by atoms with E-state index in [9.17, 15) is 0 Å². The lowest BCUT2D eigenvalue weighted by Crippen LogP contribution is -2.35. The molecule has 0 nitrogen and oxygen atoms in total. The lowest BCUT2D eigenvalue weighted by Gasteiger charge is -2.40. The fourth-order valence-electron chi connectivity index (χ4n) is 6.52. The van der Waals surface area contributed by atoms with Crippen molar-refractivity contribution in [1.29, 1.82) is 0 Å². The van der Waals surface area contributed by atoms with Gasteiger partial charge in [-0.2, -0.15) is 0 Å². The third kappa shape index (κ3) is 0.621. The zero-order valence-electron chi connectivity index (χ0n) is 9.10. The fraction of sp³-hybridized carbons (Fsp3) is 0.733. The summed E-state index contributed by atoms with van der Waals surface area (Å²) in [4.78, 5) is 0. The summed E-state index contributed by atoms with van der Waals surface area (Å²) >= 11 is 0. The Morgan fingerprint density at radius 1 is 0.933 bits per heavy atom. The van der Waals surface area contributed by atoms with Gasteiger partial charge in [0, 0.05) is 0 Å². The Labute approximate surface area is 91.4 Å². The van der Waals surface area contributed by atoms with Crippen LogP contribution in [0.25, 0.3) is 0 Å². The number of hydrogen-bond acceptors (Lipinski definition) is 0. The second-order valence-electron chi connectivity index (χ2n) is 6.66. The van der Waals surface area contributed by atoms with E-state index >= 15 is 0 Å². The van der Waals surface area contributed by atoms with E-state index in [-0.39, 0.29) is 0 Å². The van der Waals surface area contributed by atoms with Gasteiger partial charge >= 0.3 is 0 Å². The molecule has 0 heterocycles. The van der Waals surface area contributed by atoms with Crippen molar-refractivity contribution in [3.63, 3.8) is 0 Å². The summed E-state index contributed by atoms with van der Waals surface area (Å²) in [5.74, 6) is 6.33. The molecule has 0 radical (unpaired) electrons. The van der Waals surface area contributed by atoms with E-state index in [2.05, 4.69) is 24.3 Å². The summed E-state index contributed by atoms with van der Waals surface area (Å²) in [7, 11) is 0. The quantitative estimate of drug-likeness (QED) is 0.523. The van der Waals surface area contributed by atoms with Crippen LogP contribution in [0.4, 0.5) is 0 Å². The Morgan fingerprint density at radius 2 is 1.80 bits per heavy atom. The molecule has 0 amide bonds. The molecule has 5 aliphatic carbocycles. The maximum atomic E-state index is 2.58. The Morgan fingerprint density at radius 3 is 2.80 bits per heavy atom. The average molecular weight is 198 g/mol. The van der Waals surface area contributed by atoms with Crippen LogP contribution in [0.15, 0.2) is 24.3 Å². The van der Waals surface area contributed by atoms with Crippen LogP contribution in [0.3, 0.4) is 0 Å². The van der Waals surface area contributed by atoms with Crippen LogP contribution in [-0.2, 0) is 0 Å². The van der Waals surface area contributed by atoms with Gasteiger partial charge in [-0.25, -0.2) is 0 Å². The fourth-order valence-corrected chi connectivity index (χ4v) is 6.52. The Kier molecular flexibility index (Phi) is 1.09. The minimum atomic E-state index is 0.803. The van der Waals surface area contributed by atoms with Gasteiger partial charge in [0.1, 0.15) is 0 Å². The molecular weight excluding hydrogens is 180 g/mol. The van der Waals surface area contributed by atoms with E-state index in [0.717, 1.165) is 40.9 Å². The lowest BCUT2D eigenvalue weighted by atomic mass is 9.64. The minimum absolute atomic E-state index is 0.803. The van der Waals surface area contributed by atoms with Gasteiger partial charge in [-0.3, -0.25) is 0 Å². The van der Waals surface area contributed by atoms with Crippen LogP contribution in [0.2, 0.25) is 0 Å². The van der Waals surface area contributed by atoms with Crippen molar-refractivity contribution in [2.75, 3.05) is 0 Å². The number of fused-ring (bicyclic) bond motifs is 3. The summed E-state index contributed by atoms with van der Waals surface area (Å²) in [6, 6.07) is 0. The molecule has 3 saturated carbocycles. The smallest absolute Gasteiger partial charge is 0.0165 e. The van der Waals surface area contributed by atoms with Gasteiger partial charge in [0.2, 0.25) is 0 Å². The van der Waals surface area contributed by atoms with Crippen molar-refractivity contribution in [3.8, 4) is 0 Å². The molecule has 5 rings (SSSR count). The number of rotatable bonds is 0. The monoisotopic (exact) mass is 198 g/mol. The average Bonchev–Trinajstić information content (AvgIpc) is 2.91. The number of allylic oxidation sites excluding steroid dienone is 4. The summed E-state index contributed by atoms with van der Waals surface area (Å²) in [5.41, 5.74) is 0.803. The molecule has 78 valence electrons. The highest BCUT2D eigenvalue weighted by Gasteiger charge is 2.71. The highest BCUT2D eigenvalue weighted by Crippen LogP contribution is 2.78. The van der Waals surface area contributed by atoms with Crippen LogP contribution >= 0.6 is 0 Å². The molecule has 0 saturated heterocycles. The van der Waals surface area contributed by atoms with Crippen LogP contribution in [0, 0.1) is 40.9 Å². The zero-order valence-corrected chi connectivity index (χ0v) is 9.10. The summed E-state index contributed by atoms with van der Waals surface area (Å²) < 4.78 is 0. The molecule has 5 aliphatic rings. The predicted octanol–water partition coefficient (Wildman–Crippen LogP) is 3.41. The van der Waals surface area contributed by atoms with Crippen molar-refractivity contribution in [1.82, 2.24) is 0 Å². The zero-order chi connectivity index (χ0) is 9.62. The van der Waals surface area contributed by atoms with E-state index in [0.29, 0.717) is 0 Å². The molecular formula is C15H18. The maximum Gasteiger partial charge on any atom is -0.0165 e. The molecule has 15 heavy (non-hydrogen) atoms. The van der Waals surface area contributed by atoms with Crippen LogP contribution < -0.4 is 0 Å². The first-order chi connectivity index (χ1) is 7.40. The molecule has 5 bridgehead atoms. The topological polar surface area (TPSA) is 0 Å². The molecule has 0 aromatic carbocycles. The third-order valence-electron chi connectivity index (χ3n) is 6.64. The van der Waals surface area contributed by atoms with E-state index in [1.54, 1.807) is 12.8 Å². The van der Waals surface area contributed by atoms with Crippen LogP contribution in [0.5, 0.6) is 0 Å². The summed E-state index contributed by atoms with van der Waals surface area (Å²) in [5, 5.41) is 0. The Bertz CT molecular complexity index is 391. The van der Waals surface area contributed by atoms with Gasteiger partial charge in [0.15, 0.2) is 0 Å². The first-order valence-corrected chi connectivity index (χ1v) is 6.73. The van der Waals surface area contributed by atoms with E-state index < -0.39 is 0 Å². The van der Waals surface area contributed by atoms with Crippen molar-refractivity contribution < 1.29 is 0 Å². The van der Waals surface area contributed by atoms with Gasteiger partial charge in [-0.05, 0) is 66.6 Å². The van der Waals surface area contributed by atoms with Crippen LogP contribution in [0.1, 0.15) is 25.7 Å². The van der Waals surface area contributed by atoms with Gasteiger partial charge in [-0.15, -0.1) is 0 Å². The predicted molar refractivity (Wildman–Crippen MR) is 60.1 cm³/mol. The van der Waals surface area contributed by atoms with Crippen LogP contribution in [-0.4, -0.2) is 0 Å². The lowest BCUT2D eigenvalue weighted by molar-refractivity contribution is 0.0997. The molecule has 3 fully saturated rings. The van der Waals surface area contributed by atoms with Gasteiger partial charge in [0.05, 0.1) is 0 Å². The normalized spacial score (nSPS) is 66.7.